The third-order valence-corrected chi connectivity index (χ3v) is 3.44. The lowest BCUT2D eigenvalue weighted by atomic mass is 10.2. The molecule has 1 aromatic rings. The Bertz CT molecular complexity index is 384. The Hall–Kier alpha value is -0.880. The highest BCUT2D eigenvalue weighted by atomic mass is 79.9. The molecule has 0 aliphatic carbocycles. The number of hydrogen-bond donors (Lipinski definition) is 1. The highest BCUT2D eigenvalue weighted by molar-refractivity contribution is 9.10. The predicted molar refractivity (Wildman–Crippen MR) is 64.3 cm³/mol. The van der Waals surface area contributed by atoms with Crippen LogP contribution in [0.3, 0.4) is 0 Å². The lowest BCUT2D eigenvalue weighted by molar-refractivity contribution is 0.0643. The van der Waals surface area contributed by atoms with E-state index in [2.05, 4.69) is 26.3 Å². The normalized spacial score (nSPS) is 21.2. The zero-order chi connectivity index (χ0) is 11.7. The van der Waals surface area contributed by atoms with Crippen molar-refractivity contribution in [1.29, 1.82) is 0 Å². The Kier molecular flexibility index (Phi) is 3.30. The Morgan fingerprint density at radius 2 is 2.44 bits per heavy atom. The van der Waals surface area contributed by atoms with Gasteiger partial charge < -0.3 is 10.2 Å². The summed E-state index contributed by atoms with van der Waals surface area (Å²) in [5.41, 5.74) is 0.619. The third kappa shape index (κ3) is 1.99. The van der Waals surface area contributed by atoms with Crippen molar-refractivity contribution in [1.82, 2.24) is 20.0 Å². The Balaban J connectivity index is 2.24. The molecule has 0 aromatic carbocycles. The summed E-state index contributed by atoms with van der Waals surface area (Å²) in [6.07, 6.45) is 1.65. The van der Waals surface area contributed by atoms with Gasteiger partial charge in [0, 0.05) is 32.7 Å². The zero-order valence-electron chi connectivity index (χ0n) is 9.40. The average Bonchev–Trinajstić information content (AvgIpc) is 2.58. The summed E-state index contributed by atoms with van der Waals surface area (Å²) in [4.78, 5) is 14.2. The maximum absolute atomic E-state index is 12.3. The SMILES string of the molecule is CC1CNCCN1C(=O)c1c(Br)cnn1C. The van der Waals surface area contributed by atoms with E-state index in [1.165, 1.54) is 0 Å². The molecule has 1 saturated heterocycles. The van der Waals surface area contributed by atoms with Gasteiger partial charge in [0.15, 0.2) is 0 Å². The average molecular weight is 287 g/mol. The van der Waals surface area contributed by atoms with E-state index in [-0.39, 0.29) is 11.9 Å². The summed E-state index contributed by atoms with van der Waals surface area (Å²) in [5.74, 6) is 0.0425. The second-order valence-corrected chi connectivity index (χ2v) is 4.87. The lowest BCUT2D eigenvalue weighted by Gasteiger charge is -2.33. The van der Waals surface area contributed by atoms with Gasteiger partial charge in [-0.25, -0.2) is 0 Å². The number of aryl methyl sites for hydroxylation is 1. The van der Waals surface area contributed by atoms with Crippen molar-refractivity contribution in [3.05, 3.63) is 16.4 Å². The topological polar surface area (TPSA) is 50.2 Å². The van der Waals surface area contributed by atoms with Crippen LogP contribution in [0.4, 0.5) is 0 Å². The van der Waals surface area contributed by atoms with Gasteiger partial charge >= 0.3 is 0 Å². The summed E-state index contributed by atoms with van der Waals surface area (Å²) in [6.45, 7) is 4.50. The predicted octanol–water partition coefficient (Wildman–Crippen LogP) is 0.616. The van der Waals surface area contributed by atoms with Crippen LogP contribution in [0, 0.1) is 0 Å². The standard InChI is InChI=1S/C10H15BrN4O/c1-7-5-12-3-4-15(7)10(16)9-8(11)6-13-14(9)2/h6-7,12H,3-5H2,1-2H3. The van der Waals surface area contributed by atoms with Crippen LogP contribution in [0.15, 0.2) is 10.7 Å². The fourth-order valence-corrected chi connectivity index (χ4v) is 2.45. The molecule has 1 atom stereocenters. The van der Waals surface area contributed by atoms with Crippen LogP contribution >= 0.6 is 15.9 Å². The molecule has 5 nitrogen and oxygen atoms in total. The summed E-state index contributed by atoms with van der Waals surface area (Å²) in [5, 5.41) is 7.33. The summed E-state index contributed by atoms with van der Waals surface area (Å²) in [6, 6.07) is 0.225. The Morgan fingerprint density at radius 1 is 1.69 bits per heavy atom. The van der Waals surface area contributed by atoms with Gasteiger partial charge in [0.05, 0.1) is 10.7 Å². The Labute approximate surface area is 103 Å². The van der Waals surface area contributed by atoms with E-state index < -0.39 is 0 Å². The molecule has 1 fully saturated rings. The molecule has 2 heterocycles. The van der Waals surface area contributed by atoms with E-state index in [0.29, 0.717) is 5.69 Å². The highest BCUT2D eigenvalue weighted by Gasteiger charge is 2.27. The second kappa shape index (κ2) is 4.55. The van der Waals surface area contributed by atoms with E-state index in [0.717, 1.165) is 24.1 Å². The van der Waals surface area contributed by atoms with Crippen molar-refractivity contribution in [3.8, 4) is 0 Å². The second-order valence-electron chi connectivity index (χ2n) is 4.02. The van der Waals surface area contributed by atoms with Gasteiger partial charge in [-0.3, -0.25) is 9.48 Å². The number of nitrogens with one attached hydrogen (secondary N) is 1. The van der Waals surface area contributed by atoms with Crippen molar-refractivity contribution in [3.63, 3.8) is 0 Å². The van der Waals surface area contributed by atoms with Crippen molar-refractivity contribution < 1.29 is 4.79 Å². The smallest absolute Gasteiger partial charge is 0.273 e. The molecule has 1 aliphatic rings. The number of hydrogen-bond acceptors (Lipinski definition) is 3. The van der Waals surface area contributed by atoms with Crippen LogP contribution in [-0.2, 0) is 7.05 Å². The minimum Gasteiger partial charge on any atom is -0.332 e. The van der Waals surface area contributed by atoms with Crippen LogP contribution in [0.25, 0.3) is 0 Å². The third-order valence-electron chi connectivity index (χ3n) is 2.86. The van der Waals surface area contributed by atoms with Crippen molar-refractivity contribution in [2.45, 2.75) is 13.0 Å². The molecule has 1 amide bonds. The summed E-state index contributed by atoms with van der Waals surface area (Å²) >= 11 is 3.36. The van der Waals surface area contributed by atoms with Crippen LogP contribution in [0.1, 0.15) is 17.4 Å². The molecule has 0 saturated carbocycles. The molecule has 2 rings (SSSR count). The fraction of sp³-hybridized carbons (Fsp3) is 0.600. The maximum Gasteiger partial charge on any atom is 0.273 e. The molecule has 0 radical (unpaired) electrons. The lowest BCUT2D eigenvalue weighted by Crippen LogP contribution is -2.52. The number of halogens is 1. The van der Waals surface area contributed by atoms with Gasteiger partial charge in [0.1, 0.15) is 5.69 Å². The Morgan fingerprint density at radius 3 is 3.00 bits per heavy atom. The molecule has 6 heteroatoms. The van der Waals surface area contributed by atoms with E-state index in [4.69, 9.17) is 0 Å². The monoisotopic (exact) mass is 286 g/mol. The number of amides is 1. The largest absolute Gasteiger partial charge is 0.332 e. The summed E-state index contributed by atoms with van der Waals surface area (Å²) in [7, 11) is 1.78. The number of aromatic nitrogens is 2. The van der Waals surface area contributed by atoms with Gasteiger partial charge in [0.2, 0.25) is 0 Å². The van der Waals surface area contributed by atoms with Crippen LogP contribution < -0.4 is 5.32 Å². The molecule has 88 valence electrons. The van der Waals surface area contributed by atoms with Crippen molar-refractivity contribution in [2.24, 2.45) is 7.05 Å². The molecular weight excluding hydrogens is 272 g/mol. The molecule has 16 heavy (non-hydrogen) atoms. The van der Waals surface area contributed by atoms with Gasteiger partial charge in [0.25, 0.3) is 5.91 Å². The van der Waals surface area contributed by atoms with E-state index >= 15 is 0 Å². The molecule has 1 aromatic heterocycles. The highest BCUT2D eigenvalue weighted by Crippen LogP contribution is 2.18. The van der Waals surface area contributed by atoms with E-state index in [1.807, 2.05) is 11.8 Å². The molecule has 1 aliphatic heterocycles. The van der Waals surface area contributed by atoms with Gasteiger partial charge in [-0.1, -0.05) is 0 Å². The summed E-state index contributed by atoms with van der Waals surface area (Å²) < 4.78 is 2.37. The molecule has 0 spiro atoms. The van der Waals surface area contributed by atoms with Gasteiger partial charge in [-0.05, 0) is 22.9 Å². The van der Waals surface area contributed by atoms with Crippen LogP contribution in [-0.4, -0.2) is 46.3 Å². The molecule has 0 bridgehead atoms. The van der Waals surface area contributed by atoms with Crippen molar-refractivity contribution >= 4 is 21.8 Å². The van der Waals surface area contributed by atoms with Gasteiger partial charge in [-0.2, -0.15) is 5.10 Å². The van der Waals surface area contributed by atoms with E-state index in [9.17, 15) is 4.79 Å². The van der Waals surface area contributed by atoms with Crippen LogP contribution in [0.2, 0.25) is 0 Å². The first kappa shape index (κ1) is 11.6. The first-order valence-corrected chi connectivity index (χ1v) is 6.09. The number of piperazine rings is 1. The first-order chi connectivity index (χ1) is 7.61. The van der Waals surface area contributed by atoms with Crippen LogP contribution in [0.5, 0.6) is 0 Å². The number of carbonyl (C=O) groups excluding carboxylic acids is 1. The number of nitrogens with zero attached hydrogens (tertiary/aromatic N) is 3. The number of rotatable bonds is 1. The minimum atomic E-state index is 0.0425. The van der Waals surface area contributed by atoms with Gasteiger partial charge in [-0.15, -0.1) is 0 Å². The van der Waals surface area contributed by atoms with Crippen molar-refractivity contribution in [2.75, 3.05) is 19.6 Å². The maximum atomic E-state index is 12.3. The molecule has 1 unspecified atom stereocenters. The number of carbonyl (C=O) groups is 1. The first-order valence-electron chi connectivity index (χ1n) is 5.30. The van der Waals surface area contributed by atoms with E-state index in [1.54, 1.807) is 17.9 Å². The molecule has 1 N–H and O–H groups in total. The fourth-order valence-electron chi connectivity index (χ4n) is 1.93. The zero-order valence-corrected chi connectivity index (χ0v) is 11.0. The quantitative estimate of drug-likeness (QED) is 0.823. The molecular formula is C10H15BrN4O. The minimum absolute atomic E-state index is 0.0425.